The molecule has 122 valence electrons. The third-order valence-electron chi connectivity index (χ3n) is 3.41. The van der Waals surface area contributed by atoms with Crippen molar-refractivity contribution in [1.29, 1.82) is 0 Å². The summed E-state index contributed by atoms with van der Waals surface area (Å²) in [5, 5.41) is 20.2. The zero-order valence-electron chi connectivity index (χ0n) is 13.4. The van der Waals surface area contributed by atoms with E-state index in [0.29, 0.717) is 23.8 Å². The lowest BCUT2D eigenvalue weighted by Crippen LogP contribution is -2.34. The molecular weight excluding hydrogens is 296 g/mol. The number of aliphatic hydroxyl groups excluding tert-OH is 1. The molecule has 0 amide bonds. The molecule has 0 atom stereocenters. The summed E-state index contributed by atoms with van der Waals surface area (Å²) in [6, 6.07) is 8.27. The van der Waals surface area contributed by atoms with Crippen LogP contribution in [0.2, 0.25) is 0 Å². The topological polar surface area (TPSA) is 92.4 Å². The number of hydrogen-bond acceptors (Lipinski definition) is 6. The van der Waals surface area contributed by atoms with Crippen LogP contribution in [0.25, 0.3) is 11.4 Å². The molecule has 2 rings (SSSR count). The summed E-state index contributed by atoms with van der Waals surface area (Å²) < 4.78 is 0. The molecule has 0 unspecified atom stereocenters. The molecule has 0 spiro atoms. The quantitative estimate of drug-likeness (QED) is 0.650. The molecule has 1 aromatic carbocycles. The van der Waals surface area contributed by atoms with Gasteiger partial charge in [-0.2, -0.15) is 0 Å². The monoisotopic (exact) mass is 316 g/mol. The van der Waals surface area contributed by atoms with Gasteiger partial charge < -0.3 is 10.0 Å². The van der Waals surface area contributed by atoms with Gasteiger partial charge in [-0.25, -0.2) is 9.97 Å². The van der Waals surface area contributed by atoms with Gasteiger partial charge >= 0.3 is 0 Å². The zero-order valence-corrected chi connectivity index (χ0v) is 13.4. The fourth-order valence-corrected chi connectivity index (χ4v) is 2.33. The van der Waals surface area contributed by atoms with Crippen LogP contribution < -0.4 is 4.90 Å². The first-order valence-corrected chi connectivity index (χ1v) is 7.40. The van der Waals surface area contributed by atoms with E-state index in [-0.39, 0.29) is 18.3 Å². The maximum Gasteiger partial charge on any atom is 0.270 e. The van der Waals surface area contributed by atoms with E-state index in [1.54, 1.807) is 12.1 Å². The van der Waals surface area contributed by atoms with Crippen molar-refractivity contribution in [1.82, 2.24) is 9.97 Å². The molecule has 0 aliphatic rings. The van der Waals surface area contributed by atoms with Gasteiger partial charge in [0.25, 0.3) is 5.69 Å². The SMILES string of the molecule is Cc1cc(N(CCO)C(C)C)nc(-c2cccc([N+](=O)[O-])c2)n1. The Hall–Kier alpha value is -2.54. The molecule has 2 aromatic rings. The number of nitrogens with zero attached hydrogens (tertiary/aromatic N) is 4. The van der Waals surface area contributed by atoms with Crippen LogP contribution in [0, 0.1) is 17.0 Å². The summed E-state index contributed by atoms with van der Waals surface area (Å²) in [7, 11) is 0. The Labute approximate surface area is 134 Å². The first kappa shape index (κ1) is 16.8. The van der Waals surface area contributed by atoms with E-state index in [1.165, 1.54) is 12.1 Å². The third-order valence-corrected chi connectivity index (χ3v) is 3.41. The van der Waals surface area contributed by atoms with Crippen molar-refractivity contribution >= 4 is 11.5 Å². The van der Waals surface area contributed by atoms with Crippen LogP contribution in [0.4, 0.5) is 11.5 Å². The van der Waals surface area contributed by atoms with Crippen molar-refractivity contribution in [2.45, 2.75) is 26.8 Å². The minimum Gasteiger partial charge on any atom is -0.395 e. The predicted molar refractivity (Wildman–Crippen MR) is 88.4 cm³/mol. The molecule has 0 aliphatic heterocycles. The molecule has 0 bridgehead atoms. The zero-order chi connectivity index (χ0) is 17.0. The number of nitro benzene ring substituents is 1. The second-order valence-corrected chi connectivity index (χ2v) is 5.51. The number of aromatic nitrogens is 2. The molecule has 7 heteroatoms. The number of benzene rings is 1. The number of nitro groups is 1. The predicted octanol–water partition coefficient (Wildman–Crippen LogP) is 2.57. The number of non-ortho nitro benzene ring substituents is 1. The maximum atomic E-state index is 10.9. The fraction of sp³-hybridized carbons (Fsp3) is 0.375. The number of hydrogen-bond donors (Lipinski definition) is 1. The number of aliphatic hydroxyl groups is 1. The van der Waals surface area contributed by atoms with Crippen LogP contribution in [0.1, 0.15) is 19.5 Å². The van der Waals surface area contributed by atoms with Crippen LogP contribution in [0.3, 0.4) is 0 Å². The standard InChI is InChI=1S/C16H20N4O3/c1-11(2)19(7-8-21)15-9-12(3)17-16(18-15)13-5-4-6-14(10-13)20(22)23/h4-6,9-11,21H,7-8H2,1-3H3. The molecule has 0 radical (unpaired) electrons. The molecule has 0 aliphatic carbocycles. The Morgan fingerprint density at radius 3 is 2.65 bits per heavy atom. The van der Waals surface area contributed by atoms with Gasteiger partial charge in [-0.15, -0.1) is 0 Å². The largest absolute Gasteiger partial charge is 0.395 e. The Kier molecular flexibility index (Phi) is 5.23. The molecule has 7 nitrogen and oxygen atoms in total. The summed E-state index contributed by atoms with van der Waals surface area (Å²) >= 11 is 0. The summed E-state index contributed by atoms with van der Waals surface area (Å²) in [4.78, 5) is 21.4. The van der Waals surface area contributed by atoms with Crippen molar-refractivity contribution in [2.24, 2.45) is 0 Å². The summed E-state index contributed by atoms with van der Waals surface area (Å²) in [5.74, 6) is 1.13. The van der Waals surface area contributed by atoms with Gasteiger partial charge in [0.05, 0.1) is 11.5 Å². The van der Waals surface area contributed by atoms with Crippen molar-refractivity contribution in [3.8, 4) is 11.4 Å². The average molecular weight is 316 g/mol. The van der Waals surface area contributed by atoms with Gasteiger partial charge in [0.1, 0.15) is 5.82 Å². The number of rotatable bonds is 6. The maximum absolute atomic E-state index is 10.9. The minimum atomic E-state index is -0.438. The molecule has 1 heterocycles. The summed E-state index contributed by atoms with van der Waals surface area (Å²) in [6.07, 6.45) is 0. The highest BCUT2D eigenvalue weighted by atomic mass is 16.6. The Morgan fingerprint density at radius 1 is 1.30 bits per heavy atom. The van der Waals surface area contributed by atoms with Gasteiger partial charge in [-0.3, -0.25) is 10.1 Å². The van der Waals surface area contributed by atoms with E-state index in [9.17, 15) is 15.2 Å². The van der Waals surface area contributed by atoms with Crippen molar-refractivity contribution in [3.63, 3.8) is 0 Å². The molecule has 23 heavy (non-hydrogen) atoms. The van der Waals surface area contributed by atoms with Gasteiger partial charge in [0.2, 0.25) is 0 Å². The van der Waals surface area contributed by atoms with E-state index in [1.807, 2.05) is 31.7 Å². The van der Waals surface area contributed by atoms with Crippen molar-refractivity contribution in [3.05, 3.63) is 46.1 Å². The molecule has 1 aromatic heterocycles. The van der Waals surface area contributed by atoms with Crippen LogP contribution in [-0.4, -0.2) is 39.2 Å². The highest BCUT2D eigenvalue weighted by Gasteiger charge is 2.15. The Bertz CT molecular complexity index is 703. The van der Waals surface area contributed by atoms with E-state index < -0.39 is 4.92 Å². The van der Waals surface area contributed by atoms with E-state index in [0.717, 1.165) is 5.69 Å². The lowest BCUT2D eigenvalue weighted by atomic mass is 10.2. The highest BCUT2D eigenvalue weighted by Crippen LogP contribution is 2.24. The summed E-state index contributed by atoms with van der Waals surface area (Å²) in [5.41, 5.74) is 1.36. The second-order valence-electron chi connectivity index (χ2n) is 5.51. The first-order chi connectivity index (χ1) is 10.9. The van der Waals surface area contributed by atoms with Crippen LogP contribution in [0.5, 0.6) is 0 Å². The van der Waals surface area contributed by atoms with Crippen LogP contribution >= 0.6 is 0 Å². The van der Waals surface area contributed by atoms with Gasteiger partial charge in [-0.05, 0) is 20.8 Å². The average Bonchev–Trinajstić information content (AvgIpc) is 2.51. The Balaban J connectivity index is 2.48. The van der Waals surface area contributed by atoms with Crippen molar-refractivity contribution < 1.29 is 10.0 Å². The van der Waals surface area contributed by atoms with Crippen LogP contribution in [0.15, 0.2) is 30.3 Å². The lowest BCUT2D eigenvalue weighted by Gasteiger charge is -2.27. The fourth-order valence-electron chi connectivity index (χ4n) is 2.33. The smallest absolute Gasteiger partial charge is 0.270 e. The third kappa shape index (κ3) is 4.01. The molecule has 0 saturated heterocycles. The highest BCUT2D eigenvalue weighted by molar-refractivity contribution is 5.61. The van der Waals surface area contributed by atoms with E-state index in [4.69, 9.17) is 0 Å². The Morgan fingerprint density at radius 2 is 2.04 bits per heavy atom. The second kappa shape index (κ2) is 7.15. The summed E-state index contributed by atoms with van der Waals surface area (Å²) in [6.45, 7) is 6.36. The molecular formula is C16H20N4O3. The van der Waals surface area contributed by atoms with Gasteiger partial charge in [-0.1, -0.05) is 12.1 Å². The van der Waals surface area contributed by atoms with Gasteiger partial charge in [0, 0.05) is 42.0 Å². The lowest BCUT2D eigenvalue weighted by molar-refractivity contribution is -0.384. The number of anilines is 1. The normalized spacial score (nSPS) is 10.8. The van der Waals surface area contributed by atoms with E-state index >= 15 is 0 Å². The van der Waals surface area contributed by atoms with Gasteiger partial charge in [0.15, 0.2) is 5.82 Å². The first-order valence-electron chi connectivity index (χ1n) is 7.40. The minimum absolute atomic E-state index is 0.00484. The van der Waals surface area contributed by atoms with Crippen molar-refractivity contribution in [2.75, 3.05) is 18.1 Å². The van der Waals surface area contributed by atoms with E-state index in [2.05, 4.69) is 9.97 Å². The molecule has 0 saturated carbocycles. The molecule has 1 N–H and O–H groups in total. The molecule has 0 fully saturated rings. The van der Waals surface area contributed by atoms with Crippen LogP contribution in [-0.2, 0) is 0 Å². The number of aryl methyl sites for hydroxylation is 1.